The van der Waals surface area contributed by atoms with E-state index in [-0.39, 0.29) is 17.9 Å². The molecule has 0 bridgehead atoms. The standard InChI is InChI=1S/C26H31N7O2/c1-17-14-21(30-26(29-17)32-11-4-3-5-12-32)24(34)33-13-7-10-22(33)23-20(16-28-25(27)31-23)18-8-6-9-19(15-18)35-2/h6,8-9,14-16,22H,3-5,7,10-13H2,1-2H3,(H2,27,28,31)/t22-/m1/s1. The Morgan fingerprint density at radius 1 is 1.06 bits per heavy atom. The van der Waals surface area contributed by atoms with Crippen LogP contribution >= 0.6 is 0 Å². The number of aryl methyl sites for hydroxylation is 1. The lowest BCUT2D eigenvalue weighted by Gasteiger charge is -2.28. The van der Waals surface area contributed by atoms with Crippen LogP contribution in [-0.4, -0.2) is 57.5 Å². The summed E-state index contributed by atoms with van der Waals surface area (Å²) in [5.41, 5.74) is 9.74. The van der Waals surface area contributed by atoms with E-state index in [2.05, 4.69) is 19.9 Å². The third-order valence-corrected chi connectivity index (χ3v) is 6.75. The molecule has 0 spiro atoms. The van der Waals surface area contributed by atoms with Crippen molar-refractivity contribution in [3.05, 3.63) is 53.6 Å². The molecule has 2 saturated heterocycles. The number of anilines is 2. The van der Waals surface area contributed by atoms with Gasteiger partial charge in [-0.15, -0.1) is 0 Å². The summed E-state index contributed by atoms with van der Waals surface area (Å²) in [5, 5.41) is 0. The van der Waals surface area contributed by atoms with Crippen LogP contribution in [0.1, 0.15) is 60.0 Å². The van der Waals surface area contributed by atoms with Gasteiger partial charge in [0.2, 0.25) is 11.9 Å². The summed E-state index contributed by atoms with van der Waals surface area (Å²) in [6.45, 7) is 4.40. The summed E-state index contributed by atoms with van der Waals surface area (Å²) in [6, 6.07) is 9.31. The second kappa shape index (κ2) is 9.85. The van der Waals surface area contributed by atoms with Crippen molar-refractivity contribution in [2.75, 3.05) is 37.4 Å². The first-order chi connectivity index (χ1) is 17.0. The molecule has 4 heterocycles. The van der Waals surface area contributed by atoms with Crippen molar-refractivity contribution in [2.45, 2.75) is 45.1 Å². The quantitative estimate of drug-likeness (QED) is 0.596. The van der Waals surface area contributed by atoms with Crippen LogP contribution in [0.2, 0.25) is 0 Å². The Morgan fingerprint density at radius 2 is 1.89 bits per heavy atom. The maximum Gasteiger partial charge on any atom is 0.273 e. The van der Waals surface area contributed by atoms with Crippen LogP contribution in [0.25, 0.3) is 11.1 Å². The average Bonchev–Trinajstić information content (AvgIpc) is 3.38. The van der Waals surface area contributed by atoms with Gasteiger partial charge in [-0.2, -0.15) is 0 Å². The minimum absolute atomic E-state index is 0.106. The van der Waals surface area contributed by atoms with E-state index in [0.29, 0.717) is 18.2 Å². The lowest BCUT2D eigenvalue weighted by molar-refractivity contribution is 0.0727. The molecule has 3 aromatic rings. The maximum absolute atomic E-state index is 13.8. The van der Waals surface area contributed by atoms with Crippen molar-refractivity contribution in [3.63, 3.8) is 0 Å². The zero-order chi connectivity index (χ0) is 24.4. The van der Waals surface area contributed by atoms with Crippen LogP contribution in [0, 0.1) is 6.92 Å². The number of hydrogen-bond acceptors (Lipinski definition) is 8. The van der Waals surface area contributed by atoms with Crippen molar-refractivity contribution in [3.8, 4) is 16.9 Å². The van der Waals surface area contributed by atoms with Crippen LogP contribution in [0.15, 0.2) is 36.5 Å². The molecule has 1 aromatic carbocycles. The third kappa shape index (κ3) is 4.76. The number of nitrogens with zero attached hydrogens (tertiary/aromatic N) is 6. The molecule has 2 aliphatic heterocycles. The Labute approximate surface area is 205 Å². The highest BCUT2D eigenvalue weighted by atomic mass is 16.5. The fourth-order valence-corrected chi connectivity index (χ4v) is 5.02. The van der Waals surface area contributed by atoms with E-state index in [9.17, 15) is 4.79 Å². The summed E-state index contributed by atoms with van der Waals surface area (Å²) >= 11 is 0. The lowest BCUT2D eigenvalue weighted by atomic mass is 9.99. The highest BCUT2D eigenvalue weighted by Gasteiger charge is 2.34. The molecule has 182 valence electrons. The van der Waals surface area contributed by atoms with E-state index in [1.54, 1.807) is 19.4 Å². The van der Waals surface area contributed by atoms with Crippen molar-refractivity contribution >= 4 is 17.8 Å². The number of aromatic nitrogens is 4. The van der Waals surface area contributed by atoms with Crippen LogP contribution in [-0.2, 0) is 0 Å². The molecule has 2 aliphatic rings. The summed E-state index contributed by atoms with van der Waals surface area (Å²) in [4.78, 5) is 36.0. The Morgan fingerprint density at radius 3 is 2.69 bits per heavy atom. The number of amides is 1. The van der Waals surface area contributed by atoms with Crippen LogP contribution in [0.4, 0.5) is 11.9 Å². The Balaban J connectivity index is 1.49. The Kier molecular flexibility index (Phi) is 6.48. The zero-order valence-corrected chi connectivity index (χ0v) is 20.3. The van der Waals surface area contributed by atoms with E-state index >= 15 is 0 Å². The number of hydrogen-bond donors (Lipinski definition) is 1. The van der Waals surface area contributed by atoms with Crippen LogP contribution in [0.3, 0.4) is 0 Å². The Hall–Kier alpha value is -3.75. The van der Waals surface area contributed by atoms with Gasteiger partial charge in [0.15, 0.2) is 0 Å². The first-order valence-electron chi connectivity index (χ1n) is 12.2. The topological polar surface area (TPSA) is 110 Å². The van der Waals surface area contributed by atoms with E-state index in [4.69, 9.17) is 15.5 Å². The van der Waals surface area contributed by atoms with E-state index in [1.807, 2.05) is 36.1 Å². The number of rotatable bonds is 5. The number of benzene rings is 1. The number of carbonyl (C=O) groups excluding carboxylic acids is 1. The summed E-state index contributed by atoms with van der Waals surface area (Å²) in [6.07, 6.45) is 6.87. The predicted molar refractivity (Wildman–Crippen MR) is 134 cm³/mol. The Bertz CT molecular complexity index is 1230. The van der Waals surface area contributed by atoms with Crippen molar-refractivity contribution < 1.29 is 9.53 Å². The van der Waals surface area contributed by atoms with Crippen molar-refractivity contribution in [2.24, 2.45) is 0 Å². The SMILES string of the molecule is COc1cccc(-c2cnc(N)nc2[C@H]2CCCN2C(=O)c2cc(C)nc(N3CCCCC3)n2)c1. The zero-order valence-electron chi connectivity index (χ0n) is 20.3. The molecule has 35 heavy (non-hydrogen) atoms. The van der Waals surface area contributed by atoms with Gasteiger partial charge < -0.3 is 20.3 Å². The highest BCUT2D eigenvalue weighted by molar-refractivity contribution is 5.93. The minimum Gasteiger partial charge on any atom is -0.497 e. The lowest BCUT2D eigenvalue weighted by Crippen LogP contribution is -2.34. The molecule has 0 unspecified atom stereocenters. The van der Waals surface area contributed by atoms with Gasteiger partial charge in [0.25, 0.3) is 5.91 Å². The molecular weight excluding hydrogens is 442 g/mol. The summed E-state index contributed by atoms with van der Waals surface area (Å²) in [5.74, 6) is 1.47. The molecule has 1 atom stereocenters. The number of nitrogen functional groups attached to an aromatic ring is 1. The van der Waals surface area contributed by atoms with Gasteiger partial charge in [0.05, 0.1) is 18.8 Å². The molecule has 0 aliphatic carbocycles. The molecule has 2 aromatic heterocycles. The van der Waals surface area contributed by atoms with E-state index in [0.717, 1.165) is 67.0 Å². The molecule has 1 amide bonds. The molecule has 0 saturated carbocycles. The smallest absolute Gasteiger partial charge is 0.273 e. The summed E-state index contributed by atoms with van der Waals surface area (Å²) in [7, 11) is 1.64. The fourth-order valence-electron chi connectivity index (χ4n) is 5.02. The maximum atomic E-state index is 13.8. The molecule has 0 radical (unpaired) electrons. The first kappa shape index (κ1) is 23.0. The number of likely N-dealkylation sites (tertiary alicyclic amines) is 1. The second-order valence-electron chi connectivity index (χ2n) is 9.16. The normalized spacial score (nSPS) is 18.1. The van der Waals surface area contributed by atoms with Gasteiger partial charge in [0, 0.05) is 37.1 Å². The van der Waals surface area contributed by atoms with Gasteiger partial charge in [-0.3, -0.25) is 4.79 Å². The minimum atomic E-state index is -0.220. The fraction of sp³-hybridized carbons (Fsp3) is 0.423. The molecule has 2 N–H and O–H groups in total. The molecule has 9 heteroatoms. The van der Waals surface area contributed by atoms with Crippen LogP contribution in [0.5, 0.6) is 5.75 Å². The molecular formula is C26H31N7O2. The molecule has 2 fully saturated rings. The second-order valence-corrected chi connectivity index (χ2v) is 9.16. The number of ether oxygens (including phenoxy) is 1. The van der Waals surface area contributed by atoms with Gasteiger partial charge in [-0.25, -0.2) is 19.9 Å². The molecule has 5 rings (SSSR count). The van der Waals surface area contributed by atoms with Crippen molar-refractivity contribution in [1.82, 2.24) is 24.8 Å². The first-order valence-corrected chi connectivity index (χ1v) is 12.2. The number of piperidine rings is 1. The van der Waals surface area contributed by atoms with E-state index in [1.165, 1.54) is 6.42 Å². The van der Waals surface area contributed by atoms with Crippen LogP contribution < -0.4 is 15.4 Å². The van der Waals surface area contributed by atoms with Gasteiger partial charge >= 0.3 is 0 Å². The van der Waals surface area contributed by atoms with Gasteiger partial charge in [0.1, 0.15) is 11.4 Å². The van der Waals surface area contributed by atoms with Crippen molar-refractivity contribution in [1.29, 1.82) is 0 Å². The van der Waals surface area contributed by atoms with Gasteiger partial charge in [-0.05, 0) is 62.8 Å². The monoisotopic (exact) mass is 473 g/mol. The average molecular weight is 474 g/mol. The number of methoxy groups -OCH3 is 1. The summed E-state index contributed by atoms with van der Waals surface area (Å²) < 4.78 is 5.41. The predicted octanol–water partition coefficient (Wildman–Crippen LogP) is 3.80. The molecule has 9 nitrogen and oxygen atoms in total. The van der Waals surface area contributed by atoms with Gasteiger partial charge in [-0.1, -0.05) is 12.1 Å². The highest BCUT2D eigenvalue weighted by Crippen LogP contribution is 2.38. The number of carbonyl (C=O) groups is 1. The number of nitrogens with two attached hydrogens (primary N) is 1. The van der Waals surface area contributed by atoms with E-state index < -0.39 is 0 Å². The largest absolute Gasteiger partial charge is 0.497 e. The third-order valence-electron chi connectivity index (χ3n) is 6.75.